The Hall–Kier alpha value is -3.91. The fourth-order valence-corrected chi connectivity index (χ4v) is 4.53. The molecule has 0 saturated heterocycles. The van der Waals surface area contributed by atoms with Gasteiger partial charge in [0.2, 0.25) is 5.13 Å². The first kappa shape index (κ1) is 27.7. The molecule has 4 rings (SSSR count). The van der Waals surface area contributed by atoms with Gasteiger partial charge in [0.1, 0.15) is 17.1 Å². The second-order valence-corrected chi connectivity index (χ2v) is 9.78. The molecule has 0 aliphatic carbocycles. The molecule has 8 heteroatoms. The Labute approximate surface area is 223 Å². The fraction of sp³-hybridized carbons (Fsp3) is 0.276. The Morgan fingerprint density at radius 3 is 2.35 bits per heavy atom. The number of aryl methyl sites for hydroxylation is 1. The van der Waals surface area contributed by atoms with Crippen molar-refractivity contribution in [3.8, 4) is 0 Å². The molecule has 0 amide bonds. The van der Waals surface area contributed by atoms with Crippen molar-refractivity contribution in [2.75, 3.05) is 18.1 Å². The topological polar surface area (TPSA) is 123 Å². The molecular formula is C29H36N6OS. The molecule has 6 N–H and O–H groups in total. The molecule has 0 atom stereocenters. The van der Waals surface area contributed by atoms with Crippen molar-refractivity contribution in [2.45, 2.75) is 44.9 Å². The van der Waals surface area contributed by atoms with Crippen molar-refractivity contribution < 1.29 is 4.79 Å². The van der Waals surface area contributed by atoms with E-state index in [1.54, 1.807) is 11.3 Å². The molecule has 2 heterocycles. The lowest BCUT2D eigenvalue weighted by Gasteiger charge is -2.02. The van der Waals surface area contributed by atoms with Gasteiger partial charge in [-0.05, 0) is 42.5 Å². The summed E-state index contributed by atoms with van der Waals surface area (Å²) in [4.78, 5) is 13.2. The van der Waals surface area contributed by atoms with Crippen LogP contribution in [0.3, 0.4) is 0 Å². The molecule has 0 aliphatic rings. The summed E-state index contributed by atoms with van der Waals surface area (Å²) in [5.74, 6) is 0.672. The average Bonchev–Trinajstić information content (AvgIpc) is 3.51. The number of nitrogens with one attached hydrogen (secondary N) is 2. The van der Waals surface area contributed by atoms with E-state index in [-0.39, 0.29) is 0 Å². The van der Waals surface area contributed by atoms with Crippen LogP contribution in [-0.4, -0.2) is 28.5 Å². The van der Waals surface area contributed by atoms with Crippen LogP contribution in [-0.2, 0) is 24.1 Å². The van der Waals surface area contributed by atoms with Crippen LogP contribution < -0.4 is 16.8 Å². The zero-order chi connectivity index (χ0) is 26.3. The van der Waals surface area contributed by atoms with Crippen LogP contribution in [0.2, 0.25) is 0 Å². The van der Waals surface area contributed by atoms with E-state index in [0.29, 0.717) is 12.2 Å². The van der Waals surface area contributed by atoms with Gasteiger partial charge in [-0.2, -0.15) is 0 Å². The van der Waals surface area contributed by atoms with Crippen molar-refractivity contribution in [3.63, 3.8) is 0 Å². The fourth-order valence-electron chi connectivity index (χ4n) is 3.80. The maximum atomic E-state index is 9.97. The molecule has 0 radical (unpaired) electrons. The molecule has 194 valence electrons. The van der Waals surface area contributed by atoms with Crippen molar-refractivity contribution in [1.82, 2.24) is 15.2 Å². The zero-order valence-electron chi connectivity index (χ0n) is 21.3. The van der Waals surface area contributed by atoms with Gasteiger partial charge in [0.05, 0.1) is 0 Å². The number of rotatable bonds is 12. The number of aromatic nitrogens is 3. The molecule has 0 spiro atoms. The second kappa shape index (κ2) is 15.3. The summed E-state index contributed by atoms with van der Waals surface area (Å²) >= 11 is 1.62. The highest BCUT2D eigenvalue weighted by atomic mass is 32.1. The van der Waals surface area contributed by atoms with Crippen molar-refractivity contribution in [2.24, 2.45) is 5.73 Å². The first-order chi connectivity index (χ1) is 18.1. The molecule has 2 aromatic carbocycles. The van der Waals surface area contributed by atoms with Gasteiger partial charge in [0.25, 0.3) is 0 Å². The average molecular weight is 517 g/mol. The lowest BCUT2D eigenvalue weighted by molar-refractivity contribution is -0.107. The summed E-state index contributed by atoms with van der Waals surface area (Å²) in [6.07, 6.45) is 9.37. The summed E-state index contributed by atoms with van der Waals surface area (Å²) in [6.45, 7) is 0. The molecule has 0 unspecified atom stereocenters. The zero-order valence-corrected chi connectivity index (χ0v) is 22.1. The van der Waals surface area contributed by atoms with E-state index in [9.17, 15) is 4.79 Å². The van der Waals surface area contributed by atoms with Gasteiger partial charge in [-0.25, -0.2) is 0 Å². The third-order valence-electron chi connectivity index (χ3n) is 5.71. The van der Waals surface area contributed by atoms with Gasteiger partial charge >= 0.3 is 0 Å². The molecule has 0 saturated carbocycles. The largest absolute Gasteiger partial charge is 0.402 e. The number of carbonyl (C=O) groups excluding carboxylic acids is 1. The number of aldehydes is 1. The van der Waals surface area contributed by atoms with Crippen LogP contribution >= 0.6 is 11.3 Å². The highest BCUT2D eigenvalue weighted by Crippen LogP contribution is 2.21. The summed E-state index contributed by atoms with van der Waals surface area (Å²) in [5.41, 5.74) is 17.6. The Kier molecular flexibility index (Phi) is 11.4. The minimum Gasteiger partial charge on any atom is -0.402 e. The SMILES string of the molecule is CNc1nnc(CCCCC/C(N)=C/c2cc(Cc3ccccc3)[nH]c2N)s1.O=CCc1ccccc1. The number of nitrogens with two attached hydrogens (primary N) is 2. The highest BCUT2D eigenvalue weighted by molar-refractivity contribution is 7.15. The Bertz CT molecular complexity index is 1230. The Balaban J connectivity index is 0.000000356. The number of nitrogens with zero attached hydrogens (tertiary/aromatic N) is 2. The molecule has 2 aromatic heterocycles. The van der Waals surface area contributed by atoms with E-state index < -0.39 is 0 Å². The van der Waals surface area contributed by atoms with Gasteiger partial charge in [0.15, 0.2) is 0 Å². The smallest absolute Gasteiger partial charge is 0.205 e. The predicted molar refractivity (Wildman–Crippen MR) is 154 cm³/mol. The maximum Gasteiger partial charge on any atom is 0.205 e. The standard InChI is InChI=1S/C21H28N6S.C8H8O/c1-24-21-27-26-19(28-21)11-7-3-6-10-17(22)13-16-14-18(25-20(16)23)12-15-8-4-2-5-9-15;9-7-6-8-4-2-1-3-5-8/h2,4-5,8-9,13-14,25H,3,6-7,10-12,22-23H2,1H3,(H,24,27);1-5,7H,6H2/b17-13-;. The first-order valence-corrected chi connectivity index (χ1v) is 13.3. The second-order valence-electron chi connectivity index (χ2n) is 8.71. The van der Waals surface area contributed by atoms with E-state index in [1.165, 1.54) is 5.56 Å². The van der Waals surface area contributed by atoms with Crippen LogP contribution in [0.5, 0.6) is 0 Å². The van der Waals surface area contributed by atoms with Crippen LogP contribution in [0.25, 0.3) is 6.08 Å². The van der Waals surface area contributed by atoms with Gasteiger partial charge in [0, 0.05) is 43.3 Å². The third-order valence-corrected chi connectivity index (χ3v) is 6.71. The number of aromatic amines is 1. The predicted octanol–water partition coefficient (Wildman–Crippen LogP) is 5.61. The normalized spacial score (nSPS) is 11.0. The van der Waals surface area contributed by atoms with E-state index in [0.717, 1.165) is 77.5 Å². The molecule has 37 heavy (non-hydrogen) atoms. The first-order valence-electron chi connectivity index (χ1n) is 12.5. The van der Waals surface area contributed by atoms with E-state index in [4.69, 9.17) is 11.5 Å². The van der Waals surface area contributed by atoms with Crippen molar-refractivity contribution >= 4 is 34.6 Å². The number of unbranched alkanes of at least 4 members (excludes halogenated alkanes) is 2. The third kappa shape index (κ3) is 9.93. The van der Waals surface area contributed by atoms with Gasteiger partial charge in [-0.3, -0.25) is 0 Å². The Morgan fingerprint density at radius 2 is 1.70 bits per heavy atom. The molecule has 7 nitrogen and oxygen atoms in total. The van der Waals surface area contributed by atoms with E-state index in [2.05, 4.69) is 38.7 Å². The number of H-pyrrole nitrogens is 1. The number of hydrogen-bond acceptors (Lipinski definition) is 7. The van der Waals surface area contributed by atoms with Gasteiger partial charge in [-0.15, -0.1) is 10.2 Å². The summed E-state index contributed by atoms with van der Waals surface area (Å²) < 4.78 is 0. The van der Waals surface area contributed by atoms with Crippen LogP contribution in [0, 0.1) is 0 Å². The summed E-state index contributed by atoms with van der Waals surface area (Å²) in [6, 6.07) is 22.1. The summed E-state index contributed by atoms with van der Waals surface area (Å²) in [7, 11) is 1.86. The van der Waals surface area contributed by atoms with Crippen LogP contribution in [0.4, 0.5) is 10.9 Å². The van der Waals surface area contributed by atoms with Crippen LogP contribution in [0.1, 0.15) is 53.1 Å². The molecule has 4 aromatic rings. The number of nitrogen functional groups attached to an aromatic ring is 1. The van der Waals surface area contributed by atoms with Crippen LogP contribution in [0.15, 0.2) is 72.4 Å². The van der Waals surface area contributed by atoms with Crippen molar-refractivity contribution in [1.29, 1.82) is 0 Å². The minimum atomic E-state index is 0.529. The van der Waals surface area contributed by atoms with E-state index in [1.807, 2.05) is 61.7 Å². The lowest BCUT2D eigenvalue weighted by Crippen LogP contribution is -1.98. The monoisotopic (exact) mass is 516 g/mol. The number of benzene rings is 2. The number of anilines is 2. The molecule has 0 fully saturated rings. The maximum absolute atomic E-state index is 9.97. The van der Waals surface area contributed by atoms with E-state index >= 15 is 0 Å². The quantitative estimate of drug-likeness (QED) is 0.143. The minimum absolute atomic E-state index is 0.529. The van der Waals surface area contributed by atoms with Gasteiger partial charge in [-0.1, -0.05) is 78.4 Å². The lowest BCUT2D eigenvalue weighted by atomic mass is 10.1. The molecule has 0 aliphatic heterocycles. The number of hydrogen-bond donors (Lipinski definition) is 4. The number of carbonyl (C=O) groups is 1. The highest BCUT2D eigenvalue weighted by Gasteiger charge is 2.06. The number of allylic oxidation sites excluding steroid dienone is 1. The molecular weight excluding hydrogens is 480 g/mol. The molecule has 0 bridgehead atoms. The summed E-state index contributed by atoms with van der Waals surface area (Å²) in [5, 5.41) is 13.2. The van der Waals surface area contributed by atoms with Gasteiger partial charge < -0.3 is 26.6 Å². The van der Waals surface area contributed by atoms with Crippen molar-refractivity contribution in [3.05, 3.63) is 99.8 Å². The Morgan fingerprint density at radius 1 is 1.00 bits per heavy atom.